The molecular weight excluding hydrogens is 262 g/mol. The van der Waals surface area contributed by atoms with E-state index in [1.165, 1.54) is 5.39 Å². The summed E-state index contributed by atoms with van der Waals surface area (Å²) in [7, 11) is 0. The first-order chi connectivity index (χ1) is 10.2. The van der Waals surface area contributed by atoms with Gasteiger partial charge in [-0.25, -0.2) is 0 Å². The van der Waals surface area contributed by atoms with Crippen molar-refractivity contribution >= 4 is 16.7 Å². The zero-order valence-corrected chi connectivity index (χ0v) is 12.5. The van der Waals surface area contributed by atoms with Crippen molar-refractivity contribution in [2.24, 2.45) is 5.92 Å². The number of amides is 1. The van der Waals surface area contributed by atoms with E-state index < -0.39 is 0 Å². The number of rotatable bonds is 7. The van der Waals surface area contributed by atoms with Crippen LogP contribution in [0.1, 0.15) is 25.3 Å². The third-order valence-corrected chi connectivity index (χ3v) is 3.88. The van der Waals surface area contributed by atoms with Crippen molar-refractivity contribution in [3.8, 4) is 0 Å². The molecule has 2 rings (SSSR count). The number of carbonyl (C=O) groups is 1. The van der Waals surface area contributed by atoms with Gasteiger partial charge in [-0.05, 0) is 28.7 Å². The molecule has 2 aromatic carbocycles. The minimum absolute atomic E-state index is 0.0432. The Hall–Kier alpha value is -1.87. The van der Waals surface area contributed by atoms with Crippen LogP contribution in [0.5, 0.6) is 0 Å². The average Bonchev–Trinajstić information content (AvgIpc) is 2.51. The lowest BCUT2D eigenvalue weighted by molar-refractivity contribution is -0.120. The van der Waals surface area contributed by atoms with E-state index in [2.05, 4.69) is 36.5 Å². The van der Waals surface area contributed by atoms with Crippen LogP contribution in [-0.4, -0.2) is 24.2 Å². The summed E-state index contributed by atoms with van der Waals surface area (Å²) in [6.07, 6.45) is 2.12. The molecule has 0 radical (unpaired) electrons. The number of hydrogen-bond donors (Lipinski definition) is 2. The van der Waals surface area contributed by atoms with Crippen LogP contribution in [0, 0.1) is 5.92 Å². The summed E-state index contributed by atoms with van der Waals surface area (Å²) in [6, 6.07) is 14.3. The monoisotopic (exact) mass is 285 g/mol. The van der Waals surface area contributed by atoms with Crippen molar-refractivity contribution in [3.05, 3.63) is 48.0 Å². The van der Waals surface area contributed by atoms with Gasteiger partial charge in [0.2, 0.25) is 5.91 Å². The highest BCUT2D eigenvalue weighted by atomic mass is 16.3. The number of nitrogens with one attached hydrogen (secondary N) is 1. The molecule has 3 nitrogen and oxygen atoms in total. The highest BCUT2D eigenvalue weighted by molar-refractivity contribution is 5.85. The normalized spacial score (nSPS) is 12.3. The molecule has 0 aromatic heterocycles. The molecule has 1 atom stereocenters. The Kier molecular flexibility index (Phi) is 5.76. The first kappa shape index (κ1) is 15.5. The standard InChI is InChI=1S/C18H23NO2/c1-2-14(9-10-20)13-19-18(21)12-15-7-8-16-5-3-4-6-17(16)11-15/h3-8,11,14,20H,2,9-10,12-13H2,1H3,(H,19,21). The fourth-order valence-electron chi connectivity index (χ4n) is 2.49. The molecular formula is C18H23NO2. The summed E-state index contributed by atoms with van der Waals surface area (Å²) >= 11 is 0. The summed E-state index contributed by atoms with van der Waals surface area (Å²) in [5.41, 5.74) is 1.03. The van der Waals surface area contributed by atoms with Gasteiger partial charge in [-0.2, -0.15) is 0 Å². The Bertz CT molecular complexity index is 595. The molecule has 0 aliphatic rings. The van der Waals surface area contributed by atoms with Gasteiger partial charge in [-0.3, -0.25) is 4.79 Å². The SMILES string of the molecule is CCC(CCO)CNC(=O)Cc1ccc2ccccc2c1. The van der Waals surface area contributed by atoms with Crippen LogP contribution in [0.25, 0.3) is 10.8 Å². The van der Waals surface area contributed by atoms with Crippen LogP contribution in [0.15, 0.2) is 42.5 Å². The van der Waals surface area contributed by atoms with Crippen LogP contribution in [-0.2, 0) is 11.2 Å². The zero-order chi connectivity index (χ0) is 15.1. The van der Waals surface area contributed by atoms with Crippen molar-refractivity contribution in [1.29, 1.82) is 0 Å². The number of carbonyl (C=O) groups excluding carboxylic acids is 1. The predicted octanol–water partition coefficient (Wildman–Crippen LogP) is 2.91. The molecule has 0 aliphatic heterocycles. The van der Waals surface area contributed by atoms with E-state index >= 15 is 0 Å². The summed E-state index contributed by atoms with van der Waals surface area (Å²) in [6.45, 7) is 2.90. The van der Waals surface area contributed by atoms with Gasteiger partial charge in [0.25, 0.3) is 0 Å². The third-order valence-electron chi connectivity index (χ3n) is 3.88. The molecule has 0 heterocycles. The summed E-state index contributed by atoms with van der Waals surface area (Å²) in [5, 5.41) is 14.3. The van der Waals surface area contributed by atoms with Crippen LogP contribution < -0.4 is 5.32 Å². The van der Waals surface area contributed by atoms with Crippen molar-refractivity contribution in [2.45, 2.75) is 26.2 Å². The highest BCUT2D eigenvalue weighted by Gasteiger charge is 2.09. The molecule has 2 aromatic rings. The molecule has 3 heteroatoms. The lowest BCUT2D eigenvalue weighted by Gasteiger charge is -2.14. The Morgan fingerprint density at radius 1 is 1.19 bits per heavy atom. The molecule has 0 saturated heterocycles. The first-order valence-electron chi connectivity index (χ1n) is 7.58. The van der Waals surface area contributed by atoms with Gasteiger partial charge in [0.15, 0.2) is 0 Å². The van der Waals surface area contributed by atoms with Gasteiger partial charge in [-0.1, -0.05) is 55.8 Å². The largest absolute Gasteiger partial charge is 0.396 e. The van der Waals surface area contributed by atoms with Gasteiger partial charge >= 0.3 is 0 Å². The van der Waals surface area contributed by atoms with Gasteiger partial charge < -0.3 is 10.4 Å². The van der Waals surface area contributed by atoms with E-state index in [0.29, 0.717) is 18.9 Å². The number of benzene rings is 2. The Morgan fingerprint density at radius 3 is 2.67 bits per heavy atom. The minimum atomic E-state index is 0.0432. The molecule has 1 unspecified atom stereocenters. The van der Waals surface area contributed by atoms with E-state index in [0.717, 1.165) is 23.8 Å². The van der Waals surface area contributed by atoms with Gasteiger partial charge in [0, 0.05) is 13.2 Å². The molecule has 0 aliphatic carbocycles. The third kappa shape index (κ3) is 4.57. The Morgan fingerprint density at radius 2 is 1.95 bits per heavy atom. The predicted molar refractivity (Wildman–Crippen MR) is 86.1 cm³/mol. The smallest absolute Gasteiger partial charge is 0.224 e. The maximum atomic E-state index is 12.0. The molecule has 1 amide bonds. The van der Waals surface area contributed by atoms with E-state index in [-0.39, 0.29) is 12.5 Å². The summed E-state index contributed by atoms with van der Waals surface area (Å²) in [5.74, 6) is 0.400. The fourth-order valence-corrected chi connectivity index (χ4v) is 2.49. The van der Waals surface area contributed by atoms with E-state index in [1.807, 2.05) is 18.2 Å². The van der Waals surface area contributed by atoms with Crippen molar-refractivity contribution < 1.29 is 9.90 Å². The molecule has 0 bridgehead atoms. The maximum absolute atomic E-state index is 12.0. The Balaban J connectivity index is 1.91. The highest BCUT2D eigenvalue weighted by Crippen LogP contribution is 2.16. The molecule has 0 fully saturated rings. The number of fused-ring (bicyclic) bond motifs is 1. The topological polar surface area (TPSA) is 49.3 Å². The van der Waals surface area contributed by atoms with Crippen molar-refractivity contribution in [1.82, 2.24) is 5.32 Å². The second kappa shape index (κ2) is 7.79. The average molecular weight is 285 g/mol. The first-order valence-corrected chi connectivity index (χ1v) is 7.58. The van der Waals surface area contributed by atoms with E-state index in [9.17, 15) is 4.79 Å². The van der Waals surface area contributed by atoms with Gasteiger partial charge in [0.05, 0.1) is 6.42 Å². The summed E-state index contributed by atoms with van der Waals surface area (Å²) < 4.78 is 0. The number of hydrogen-bond acceptors (Lipinski definition) is 2. The molecule has 0 saturated carbocycles. The van der Waals surface area contributed by atoms with Crippen LogP contribution in [0.2, 0.25) is 0 Å². The van der Waals surface area contributed by atoms with Crippen LogP contribution >= 0.6 is 0 Å². The van der Waals surface area contributed by atoms with Crippen LogP contribution in [0.3, 0.4) is 0 Å². The van der Waals surface area contributed by atoms with Gasteiger partial charge in [0.1, 0.15) is 0 Å². The number of aliphatic hydroxyl groups excluding tert-OH is 1. The summed E-state index contributed by atoms with van der Waals surface area (Å²) in [4.78, 5) is 12.0. The molecule has 2 N–H and O–H groups in total. The lowest BCUT2D eigenvalue weighted by Crippen LogP contribution is -2.30. The minimum Gasteiger partial charge on any atom is -0.396 e. The van der Waals surface area contributed by atoms with Crippen molar-refractivity contribution in [2.75, 3.05) is 13.2 Å². The lowest BCUT2D eigenvalue weighted by atomic mass is 10.0. The second-order valence-electron chi connectivity index (χ2n) is 5.45. The van der Waals surface area contributed by atoms with Crippen molar-refractivity contribution in [3.63, 3.8) is 0 Å². The van der Waals surface area contributed by atoms with E-state index in [4.69, 9.17) is 5.11 Å². The molecule has 112 valence electrons. The molecule has 21 heavy (non-hydrogen) atoms. The van der Waals surface area contributed by atoms with Crippen LogP contribution in [0.4, 0.5) is 0 Å². The van der Waals surface area contributed by atoms with Gasteiger partial charge in [-0.15, -0.1) is 0 Å². The molecule has 0 spiro atoms. The maximum Gasteiger partial charge on any atom is 0.224 e. The zero-order valence-electron chi connectivity index (χ0n) is 12.5. The van der Waals surface area contributed by atoms with E-state index in [1.54, 1.807) is 0 Å². The Labute approximate surface area is 126 Å². The number of aliphatic hydroxyl groups is 1. The second-order valence-corrected chi connectivity index (χ2v) is 5.45. The quantitative estimate of drug-likeness (QED) is 0.822. The fraction of sp³-hybridized carbons (Fsp3) is 0.389.